The molecule has 1 aromatic heterocycles. The van der Waals surface area contributed by atoms with Gasteiger partial charge in [0.15, 0.2) is 0 Å². The second kappa shape index (κ2) is 6.16. The van der Waals surface area contributed by atoms with Gasteiger partial charge in [0, 0.05) is 31.6 Å². The molecule has 0 amide bonds. The second-order valence-corrected chi connectivity index (χ2v) is 6.86. The van der Waals surface area contributed by atoms with Crippen LogP contribution in [-0.4, -0.2) is 36.0 Å². The molecule has 5 nitrogen and oxygen atoms in total. The monoisotopic (exact) mass is 259 g/mol. The summed E-state index contributed by atoms with van der Waals surface area (Å²) in [6.45, 7) is 5.63. The average molecular weight is 259 g/mol. The number of aryl methyl sites for hydroxylation is 1. The van der Waals surface area contributed by atoms with E-state index in [9.17, 15) is 8.42 Å². The Morgan fingerprint density at radius 1 is 1.47 bits per heavy atom. The van der Waals surface area contributed by atoms with E-state index in [1.54, 1.807) is 6.33 Å². The Hall–Kier alpha value is -0.880. The molecule has 0 saturated carbocycles. The number of hydrogen-bond donors (Lipinski definition) is 1. The van der Waals surface area contributed by atoms with Crippen LogP contribution in [-0.2, 0) is 22.9 Å². The minimum absolute atomic E-state index is 0.224. The Labute approximate surface area is 103 Å². The fourth-order valence-electron chi connectivity index (χ4n) is 1.50. The van der Waals surface area contributed by atoms with Crippen molar-refractivity contribution in [2.24, 2.45) is 0 Å². The minimum Gasteiger partial charge on any atom is -0.333 e. The highest BCUT2D eigenvalue weighted by Gasteiger charge is 2.05. The lowest BCUT2D eigenvalue weighted by atomic mass is 10.3. The second-order valence-electron chi connectivity index (χ2n) is 4.60. The molecule has 0 saturated heterocycles. The van der Waals surface area contributed by atoms with Crippen LogP contribution in [0.1, 0.15) is 26.0 Å². The van der Waals surface area contributed by atoms with Crippen molar-refractivity contribution in [3.05, 3.63) is 18.2 Å². The lowest BCUT2D eigenvalue weighted by Gasteiger charge is -2.10. The molecule has 0 spiro atoms. The lowest BCUT2D eigenvalue weighted by Crippen LogP contribution is -2.23. The third kappa shape index (κ3) is 5.83. The molecule has 1 rings (SSSR count). The van der Waals surface area contributed by atoms with Crippen molar-refractivity contribution in [2.75, 3.05) is 12.0 Å². The van der Waals surface area contributed by atoms with Gasteiger partial charge in [-0.25, -0.2) is 13.4 Å². The standard InChI is InChI=1S/C11H21N3O2S/c1-10(2)13-8-11-7-12-9-14(11)5-4-6-17(3,15)16/h7,9-10,13H,4-6,8H2,1-3H3. The van der Waals surface area contributed by atoms with Crippen LogP contribution in [0.5, 0.6) is 0 Å². The largest absolute Gasteiger partial charge is 0.333 e. The van der Waals surface area contributed by atoms with Crippen molar-refractivity contribution < 1.29 is 8.42 Å². The van der Waals surface area contributed by atoms with Crippen molar-refractivity contribution in [1.29, 1.82) is 0 Å². The predicted molar refractivity (Wildman–Crippen MR) is 68.5 cm³/mol. The number of nitrogens with one attached hydrogen (secondary N) is 1. The smallest absolute Gasteiger partial charge is 0.147 e. The molecule has 0 bridgehead atoms. The van der Waals surface area contributed by atoms with E-state index in [2.05, 4.69) is 24.1 Å². The Bertz CT molecular complexity index is 437. The SMILES string of the molecule is CC(C)NCc1cncn1CCCS(C)(=O)=O. The molecular weight excluding hydrogens is 238 g/mol. The molecule has 0 aliphatic carbocycles. The summed E-state index contributed by atoms with van der Waals surface area (Å²) in [6.07, 6.45) is 5.46. The fourth-order valence-corrected chi connectivity index (χ4v) is 2.16. The van der Waals surface area contributed by atoms with Gasteiger partial charge in [0.25, 0.3) is 0 Å². The summed E-state index contributed by atoms with van der Waals surface area (Å²) in [5.41, 5.74) is 1.09. The fraction of sp³-hybridized carbons (Fsp3) is 0.727. The van der Waals surface area contributed by atoms with Crippen LogP contribution in [0.15, 0.2) is 12.5 Å². The quantitative estimate of drug-likeness (QED) is 0.787. The highest BCUT2D eigenvalue weighted by molar-refractivity contribution is 7.90. The topological polar surface area (TPSA) is 64.0 Å². The summed E-state index contributed by atoms with van der Waals surface area (Å²) < 4.78 is 24.0. The summed E-state index contributed by atoms with van der Waals surface area (Å²) in [5, 5.41) is 3.32. The van der Waals surface area contributed by atoms with E-state index in [4.69, 9.17) is 0 Å². The van der Waals surface area contributed by atoms with Crippen LogP contribution in [0.4, 0.5) is 0 Å². The summed E-state index contributed by atoms with van der Waals surface area (Å²) in [6, 6.07) is 0.425. The number of hydrogen-bond acceptors (Lipinski definition) is 4. The Balaban J connectivity index is 2.46. The first-order valence-corrected chi connectivity index (χ1v) is 7.84. The molecule has 1 N–H and O–H groups in total. The highest BCUT2D eigenvalue weighted by atomic mass is 32.2. The van der Waals surface area contributed by atoms with Crippen LogP contribution < -0.4 is 5.32 Å². The molecule has 1 aromatic rings. The summed E-state index contributed by atoms with van der Waals surface area (Å²) >= 11 is 0. The molecule has 0 radical (unpaired) electrons. The van der Waals surface area contributed by atoms with Crippen molar-refractivity contribution in [1.82, 2.24) is 14.9 Å². The average Bonchev–Trinajstić information content (AvgIpc) is 2.60. The normalized spacial score (nSPS) is 12.2. The third-order valence-electron chi connectivity index (χ3n) is 2.40. The molecule has 0 aromatic carbocycles. The molecule has 17 heavy (non-hydrogen) atoms. The van der Waals surface area contributed by atoms with Crippen molar-refractivity contribution in [2.45, 2.75) is 39.4 Å². The Kier molecular flexibility index (Phi) is 5.14. The number of sulfone groups is 1. The maximum absolute atomic E-state index is 11.0. The maximum atomic E-state index is 11.0. The third-order valence-corrected chi connectivity index (χ3v) is 3.43. The summed E-state index contributed by atoms with van der Waals surface area (Å²) in [4.78, 5) is 4.09. The van der Waals surface area contributed by atoms with Crippen molar-refractivity contribution >= 4 is 9.84 Å². The van der Waals surface area contributed by atoms with Crippen LogP contribution in [0.3, 0.4) is 0 Å². The predicted octanol–water partition coefficient (Wildman–Crippen LogP) is 0.816. The highest BCUT2D eigenvalue weighted by Crippen LogP contribution is 2.02. The molecular formula is C11H21N3O2S. The van der Waals surface area contributed by atoms with Gasteiger partial charge in [-0.15, -0.1) is 0 Å². The Morgan fingerprint density at radius 2 is 2.18 bits per heavy atom. The van der Waals surface area contributed by atoms with Gasteiger partial charge >= 0.3 is 0 Å². The minimum atomic E-state index is -2.87. The molecule has 98 valence electrons. The van der Waals surface area contributed by atoms with Gasteiger partial charge in [-0.2, -0.15) is 0 Å². The molecule has 0 atom stereocenters. The van der Waals surface area contributed by atoms with E-state index in [1.807, 2.05) is 10.8 Å². The van der Waals surface area contributed by atoms with Gasteiger partial charge in [-0.05, 0) is 6.42 Å². The van der Waals surface area contributed by atoms with Crippen LogP contribution in [0.25, 0.3) is 0 Å². The molecule has 0 fully saturated rings. The van der Waals surface area contributed by atoms with Crippen LogP contribution in [0.2, 0.25) is 0 Å². The number of nitrogens with zero attached hydrogens (tertiary/aromatic N) is 2. The number of imidazole rings is 1. The Morgan fingerprint density at radius 3 is 2.76 bits per heavy atom. The van der Waals surface area contributed by atoms with E-state index < -0.39 is 9.84 Å². The van der Waals surface area contributed by atoms with E-state index in [0.717, 1.165) is 12.2 Å². The van der Waals surface area contributed by atoms with Gasteiger partial charge in [0.2, 0.25) is 0 Å². The van der Waals surface area contributed by atoms with Crippen LogP contribution >= 0.6 is 0 Å². The van der Waals surface area contributed by atoms with Gasteiger partial charge in [0.05, 0.1) is 17.8 Å². The van der Waals surface area contributed by atoms with Crippen molar-refractivity contribution in [3.8, 4) is 0 Å². The molecule has 0 unspecified atom stereocenters. The number of aromatic nitrogens is 2. The first kappa shape index (κ1) is 14.2. The van der Waals surface area contributed by atoms with Gasteiger partial charge in [-0.3, -0.25) is 0 Å². The van der Waals surface area contributed by atoms with Gasteiger partial charge in [-0.1, -0.05) is 13.8 Å². The van der Waals surface area contributed by atoms with E-state index >= 15 is 0 Å². The van der Waals surface area contributed by atoms with Crippen molar-refractivity contribution in [3.63, 3.8) is 0 Å². The zero-order chi connectivity index (χ0) is 12.9. The summed E-state index contributed by atoms with van der Waals surface area (Å²) in [7, 11) is -2.87. The molecule has 0 aliphatic heterocycles. The maximum Gasteiger partial charge on any atom is 0.147 e. The van der Waals surface area contributed by atoms with Gasteiger partial charge < -0.3 is 9.88 Å². The summed E-state index contributed by atoms with van der Waals surface area (Å²) in [5.74, 6) is 0.224. The first-order valence-electron chi connectivity index (χ1n) is 5.78. The lowest BCUT2D eigenvalue weighted by molar-refractivity contribution is 0.549. The molecule has 0 aliphatic rings. The molecule has 6 heteroatoms. The van der Waals surface area contributed by atoms with Gasteiger partial charge in [0.1, 0.15) is 9.84 Å². The number of rotatable bonds is 7. The zero-order valence-corrected chi connectivity index (χ0v) is 11.5. The molecule has 1 heterocycles. The van der Waals surface area contributed by atoms with Crippen LogP contribution in [0, 0.1) is 0 Å². The van der Waals surface area contributed by atoms with E-state index in [-0.39, 0.29) is 5.75 Å². The first-order chi connectivity index (χ1) is 7.88. The van der Waals surface area contributed by atoms with E-state index in [0.29, 0.717) is 19.0 Å². The zero-order valence-electron chi connectivity index (χ0n) is 10.7. The van der Waals surface area contributed by atoms with E-state index in [1.165, 1.54) is 6.26 Å².